The van der Waals surface area contributed by atoms with Gasteiger partial charge in [0, 0.05) is 17.2 Å². The number of carbonyl (C=O) groups is 3. The van der Waals surface area contributed by atoms with Crippen LogP contribution in [0, 0.1) is 0 Å². The minimum absolute atomic E-state index is 0.158. The first kappa shape index (κ1) is 18.8. The van der Waals surface area contributed by atoms with Crippen molar-refractivity contribution in [2.24, 2.45) is 0 Å². The molecule has 1 atom stereocenters. The lowest BCUT2D eigenvalue weighted by atomic mass is 9.98. The molecule has 1 aliphatic rings. The summed E-state index contributed by atoms with van der Waals surface area (Å²) in [5.41, 5.74) is 0.911. The summed E-state index contributed by atoms with van der Waals surface area (Å²) in [6, 6.07) is 15.4. The highest BCUT2D eigenvalue weighted by Gasteiger charge is 2.25. The Balaban J connectivity index is 1.71. The predicted molar refractivity (Wildman–Crippen MR) is 102 cm³/mol. The highest BCUT2D eigenvalue weighted by molar-refractivity contribution is 6.14. The molecule has 0 aromatic heterocycles. The molecule has 0 aliphatic heterocycles. The van der Waals surface area contributed by atoms with Crippen LogP contribution >= 0.6 is 0 Å². The van der Waals surface area contributed by atoms with Gasteiger partial charge in [-0.15, -0.1) is 0 Å². The molecule has 1 aliphatic carbocycles. The van der Waals surface area contributed by atoms with Crippen LogP contribution in [0.25, 0.3) is 0 Å². The lowest BCUT2D eigenvalue weighted by molar-refractivity contribution is -0.129. The quantitative estimate of drug-likeness (QED) is 0.628. The van der Waals surface area contributed by atoms with Gasteiger partial charge in [0.1, 0.15) is 0 Å². The Kier molecular flexibility index (Phi) is 6.01. The molecule has 1 saturated carbocycles. The maximum Gasteiger partial charge on any atom is 0.339 e. The van der Waals surface area contributed by atoms with E-state index in [2.05, 4.69) is 5.32 Å². The summed E-state index contributed by atoms with van der Waals surface area (Å²) in [7, 11) is 0. The highest BCUT2D eigenvalue weighted by Crippen LogP contribution is 2.19. The number of hydrogen-bond acceptors (Lipinski definition) is 4. The summed E-state index contributed by atoms with van der Waals surface area (Å²) >= 11 is 0. The van der Waals surface area contributed by atoms with Crippen molar-refractivity contribution in [3.63, 3.8) is 0 Å². The van der Waals surface area contributed by atoms with Crippen LogP contribution in [0.5, 0.6) is 0 Å². The van der Waals surface area contributed by atoms with Gasteiger partial charge in [-0.05, 0) is 25.8 Å². The Morgan fingerprint density at radius 3 is 2.19 bits per heavy atom. The van der Waals surface area contributed by atoms with Crippen molar-refractivity contribution < 1.29 is 19.1 Å². The standard InChI is InChI=1S/C22H23NO4/c1-15(21(25)23-17-11-5-6-12-17)27-22(26)19-14-8-7-13-18(19)20(24)16-9-3-2-4-10-16/h2-4,7-10,13-15,17H,5-6,11-12H2,1H3,(H,23,25)/t15-/m1/s1. The number of carbonyl (C=O) groups excluding carboxylic acids is 3. The van der Waals surface area contributed by atoms with Gasteiger partial charge in [-0.2, -0.15) is 0 Å². The smallest absolute Gasteiger partial charge is 0.339 e. The van der Waals surface area contributed by atoms with Crippen molar-refractivity contribution in [1.82, 2.24) is 5.32 Å². The molecule has 140 valence electrons. The van der Waals surface area contributed by atoms with E-state index in [1.165, 1.54) is 0 Å². The van der Waals surface area contributed by atoms with Crippen LogP contribution in [0.1, 0.15) is 58.9 Å². The van der Waals surface area contributed by atoms with E-state index in [1.54, 1.807) is 55.5 Å². The van der Waals surface area contributed by atoms with Gasteiger partial charge in [0.2, 0.25) is 0 Å². The second-order valence-corrected chi connectivity index (χ2v) is 6.78. The van der Waals surface area contributed by atoms with Crippen molar-refractivity contribution in [2.45, 2.75) is 44.8 Å². The molecule has 2 aromatic carbocycles. The first-order valence-electron chi connectivity index (χ1n) is 9.26. The number of rotatable bonds is 6. The van der Waals surface area contributed by atoms with Crippen molar-refractivity contribution in [1.29, 1.82) is 0 Å². The minimum atomic E-state index is -0.919. The van der Waals surface area contributed by atoms with Gasteiger partial charge in [-0.25, -0.2) is 4.79 Å². The molecule has 1 fully saturated rings. The monoisotopic (exact) mass is 365 g/mol. The Hall–Kier alpha value is -2.95. The number of hydrogen-bond donors (Lipinski definition) is 1. The Bertz CT molecular complexity index is 825. The molecule has 0 heterocycles. The molecule has 3 rings (SSSR count). The molecule has 5 heteroatoms. The summed E-state index contributed by atoms with van der Waals surface area (Å²) in [5, 5.41) is 2.92. The van der Waals surface area contributed by atoms with Crippen molar-refractivity contribution >= 4 is 17.7 Å². The maximum absolute atomic E-state index is 12.7. The number of esters is 1. The van der Waals surface area contributed by atoms with Gasteiger partial charge >= 0.3 is 5.97 Å². The van der Waals surface area contributed by atoms with Gasteiger partial charge in [0.15, 0.2) is 11.9 Å². The third-order valence-electron chi connectivity index (χ3n) is 4.78. The molecule has 0 spiro atoms. The number of ether oxygens (including phenoxy) is 1. The maximum atomic E-state index is 12.7. The molecule has 0 saturated heterocycles. The van der Waals surface area contributed by atoms with E-state index in [-0.39, 0.29) is 28.9 Å². The normalized spacial score (nSPS) is 15.1. The fraction of sp³-hybridized carbons (Fsp3) is 0.318. The zero-order valence-electron chi connectivity index (χ0n) is 15.3. The van der Waals surface area contributed by atoms with Crippen molar-refractivity contribution in [3.8, 4) is 0 Å². The topological polar surface area (TPSA) is 72.5 Å². The third kappa shape index (κ3) is 4.61. The van der Waals surface area contributed by atoms with Crippen LogP contribution in [-0.4, -0.2) is 29.8 Å². The van der Waals surface area contributed by atoms with Crippen LogP contribution in [-0.2, 0) is 9.53 Å². The molecule has 1 N–H and O–H groups in total. The zero-order chi connectivity index (χ0) is 19.2. The van der Waals surface area contributed by atoms with Gasteiger partial charge in [0.05, 0.1) is 5.56 Å². The summed E-state index contributed by atoms with van der Waals surface area (Å²) in [5.74, 6) is -1.24. The average molecular weight is 365 g/mol. The summed E-state index contributed by atoms with van der Waals surface area (Å²) in [4.78, 5) is 37.6. The third-order valence-corrected chi connectivity index (χ3v) is 4.78. The second kappa shape index (κ2) is 8.62. The first-order chi connectivity index (χ1) is 13.1. The van der Waals surface area contributed by atoms with Crippen LogP contribution < -0.4 is 5.32 Å². The lowest BCUT2D eigenvalue weighted by Gasteiger charge is -2.17. The number of ketones is 1. The SMILES string of the molecule is C[C@@H](OC(=O)c1ccccc1C(=O)c1ccccc1)C(=O)NC1CCCC1. The van der Waals surface area contributed by atoms with Gasteiger partial charge in [0.25, 0.3) is 5.91 Å². The van der Waals surface area contributed by atoms with Crippen LogP contribution in [0.2, 0.25) is 0 Å². The summed E-state index contributed by atoms with van der Waals surface area (Å²) in [6.07, 6.45) is 3.21. The van der Waals surface area contributed by atoms with Gasteiger partial charge < -0.3 is 10.1 Å². The lowest BCUT2D eigenvalue weighted by Crippen LogP contribution is -2.41. The minimum Gasteiger partial charge on any atom is -0.449 e. The van der Waals surface area contributed by atoms with Crippen LogP contribution in [0.4, 0.5) is 0 Å². The molecule has 2 aromatic rings. The molecule has 0 unspecified atom stereocenters. The number of nitrogens with one attached hydrogen (secondary N) is 1. The van der Waals surface area contributed by atoms with E-state index in [1.807, 2.05) is 6.07 Å². The van der Waals surface area contributed by atoms with Crippen molar-refractivity contribution in [3.05, 3.63) is 71.3 Å². The molecular formula is C22H23NO4. The van der Waals surface area contributed by atoms with E-state index < -0.39 is 12.1 Å². The van der Waals surface area contributed by atoms with E-state index in [9.17, 15) is 14.4 Å². The first-order valence-corrected chi connectivity index (χ1v) is 9.26. The van der Waals surface area contributed by atoms with E-state index in [0.717, 1.165) is 25.7 Å². The molecule has 1 amide bonds. The fourth-order valence-electron chi connectivity index (χ4n) is 3.27. The Labute approximate surface area is 158 Å². The molecule has 0 radical (unpaired) electrons. The molecule has 0 bridgehead atoms. The number of benzene rings is 2. The van der Waals surface area contributed by atoms with E-state index in [4.69, 9.17) is 4.74 Å². The van der Waals surface area contributed by atoms with Gasteiger partial charge in [-0.3, -0.25) is 9.59 Å². The largest absolute Gasteiger partial charge is 0.449 e. The second-order valence-electron chi connectivity index (χ2n) is 6.78. The highest BCUT2D eigenvalue weighted by atomic mass is 16.5. The predicted octanol–water partition coefficient (Wildman–Crippen LogP) is 3.52. The van der Waals surface area contributed by atoms with Crippen molar-refractivity contribution in [2.75, 3.05) is 0 Å². The summed E-state index contributed by atoms with van der Waals surface area (Å²) < 4.78 is 5.33. The Morgan fingerprint density at radius 1 is 0.926 bits per heavy atom. The molecule has 27 heavy (non-hydrogen) atoms. The van der Waals surface area contributed by atoms with Gasteiger partial charge in [-0.1, -0.05) is 61.4 Å². The van der Waals surface area contributed by atoms with E-state index in [0.29, 0.717) is 5.56 Å². The van der Waals surface area contributed by atoms with E-state index >= 15 is 0 Å². The number of amides is 1. The summed E-state index contributed by atoms with van der Waals surface area (Å²) in [6.45, 7) is 1.55. The molecule has 5 nitrogen and oxygen atoms in total. The fourth-order valence-corrected chi connectivity index (χ4v) is 3.27. The average Bonchev–Trinajstić information content (AvgIpc) is 3.21. The Morgan fingerprint density at radius 2 is 1.52 bits per heavy atom. The van der Waals surface area contributed by atoms with Crippen LogP contribution in [0.3, 0.4) is 0 Å². The van der Waals surface area contributed by atoms with Crippen LogP contribution in [0.15, 0.2) is 54.6 Å². The molecular weight excluding hydrogens is 342 g/mol. The zero-order valence-corrected chi connectivity index (χ0v) is 15.3.